The van der Waals surface area contributed by atoms with Gasteiger partial charge in [-0.1, -0.05) is 12.1 Å². The molecule has 6 bridgehead atoms. The number of nitrogens with one attached hydrogen (secondary N) is 3. The van der Waals surface area contributed by atoms with Gasteiger partial charge in [-0.3, -0.25) is 4.79 Å². The fourth-order valence-electron chi connectivity index (χ4n) is 4.33. The monoisotopic (exact) mass is 576 g/mol. The van der Waals surface area contributed by atoms with Crippen molar-refractivity contribution in [3.05, 3.63) is 53.6 Å². The number of amides is 1. The molecule has 224 valence electrons. The molecule has 5 rings (SSSR count). The van der Waals surface area contributed by atoms with Crippen LogP contribution in [0, 0.1) is 0 Å². The van der Waals surface area contributed by atoms with Crippen LogP contribution in [0.1, 0.15) is 74.7 Å². The Bertz CT molecular complexity index is 1320. The summed E-state index contributed by atoms with van der Waals surface area (Å²) in [6, 6.07) is 13.4. The van der Waals surface area contributed by atoms with Crippen LogP contribution in [-0.4, -0.2) is 53.0 Å². The molecule has 1 amide bonds. The number of ether oxygens (including phenoxy) is 3. The average Bonchev–Trinajstić information content (AvgIpc) is 2.97. The lowest BCUT2D eigenvalue weighted by Crippen LogP contribution is -2.25. The van der Waals surface area contributed by atoms with Crippen LogP contribution in [0.25, 0.3) is 0 Å². The number of carbonyl (C=O) groups excluding carboxylic acids is 2. The summed E-state index contributed by atoms with van der Waals surface area (Å²) in [4.78, 5) is 37.5. The van der Waals surface area contributed by atoms with Gasteiger partial charge >= 0.3 is 6.01 Å². The molecular formula is C31H40N6O5. The zero-order valence-electron chi connectivity index (χ0n) is 24.4. The molecule has 0 saturated heterocycles. The van der Waals surface area contributed by atoms with Gasteiger partial charge in [0, 0.05) is 31.3 Å². The molecule has 3 N–H and O–H groups in total. The van der Waals surface area contributed by atoms with Crippen LogP contribution in [0.3, 0.4) is 0 Å². The highest BCUT2D eigenvalue weighted by atomic mass is 16.5. The maximum absolute atomic E-state index is 13.0. The predicted molar refractivity (Wildman–Crippen MR) is 161 cm³/mol. The molecule has 0 saturated carbocycles. The smallest absolute Gasteiger partial charge is 0.323 e. The first-order valence-electron chi connectivity index (χ1n) is 14.7. The summed E-state index contributed by atoms with van der Waals surface area (Å²) in [7, 11) is 0. The fraction of sp³-hybridized carbons (Fsp3) is 0.452. The van der Waals surface area contributed by atoms with Gasteiger partial charge in [0.05, 0.1) is 25.4 Å². The van der Waals surface area contributed by atoms with E-state index in [4.69, 9.17) is 14.2 Å². The largest absolute Gasteiger partial charge is 0.494 e. The Balaban J connectivity index is 1.54. The Morgan fingerprint density at radius 3 is 2.45 bits per heavy atom. The molecule has 3 aromatic rings. The maximum atomic E-state index is 13.0. The van der Waals surface area contributed by atoms with Crippen molar-refractivity contribution in [2.75, 3.05) is 37.0 Å². The molecule has 0 fully saturated rings. The van der Waals surface area contributed by atoms with E-state index in [1.807, 2.05) is 31.2 Å². The molecular weight excluding hydrogens is 536 g/mol. The Kier molecular flexibility index (Phi) is 11.7. The van der Waals surface area contributed by atoms with Gasteiger partial charge < -0.3 is 35.0 Å². The Hall–Kier alpha value is -4.41. The number of Topliss-reactive ketones (excluding diaryl/α,β-unsaturated/α-hetero) is 1. The summed E-state index contributed by atoms with van der Waals surface area (Å²) < 4.78 is 17.6. The van der Waals surface area contributed by atoms with E-state index in [0.717, 1.165) is 49.8 Å². The van der Waals surface area contributed by atoms with Gasteiger partial charge in [-0.25, -0.2) is 0 Å². The number of benzene rings is 2. The van der Waals surface area contributed by atoms with Gasteiger partial charge in [0.1, 0.15) is 17.3 Å². The Labute approximate surface area is 246 Å². The molecule has 0 aliphatic carbocycles. The maximum Gasteiger partial charge on any atom is 0.323 e. The highest BCUT2D eigenvalue weighted by Crippen LogP contribution is 2.27. The lowest BCUT2D eigenvalue weighted by Gasteiger charge is -2.15. The predicted octanol–water partition coefficient (Wildman–Crippen LogP) is 5.45. The van der Waals surface area contributed by atoms with Crippen LogP contribution < -0.4 is 30.2 Å². The first-order valence-corrected chi connectivity index (χ1v) is 14.7. The molecule has 11 heteroatoms. The first-order chi connectivity index (χ1) is 20.5. The van der Waals surface area contributed by atoms with E-state index in [-0.39, 0.29) is 17.7 Å². The van der Waals surface area contributed by atoms with Crippen LogP contribution in [0.5, 0.6) is 17.5 Å². The number of carbonyl (C=O) groups is 2. The number of rotatable bonds is 8. The Morgan fingerprint density at radius 2 is 1.69 bits per heavy atom. The summed E-state index contributed by atoms with van der Waals surface area (Å²) in [5, 5.41) is 9.38. The minimum absolute atomic E-state index is 0.153. The quantitative estimate of drug-likeness (QED) is 0.297. The van der Waals surface area contributed by atoms with Gasteiger partial charge in [0.25, 0.3) is 5.91 Å². The van der Waals surface area contributed by atoms with Gasteiger partial charge in [-0.05, 0) is 82.2 Å². The number of ketones is 1. The summed E-state index contributed by atoms with van der Waals surface area (Å²) in [5.41, 5.74) is 2.15. The number of hydrogen-bond acceptors (Lipinski definition) is 10. The summed E-state index contributed by atoms with van der Waals surface area (Å²) >= 11 is 0. The van der Waals surface area contributed by atoms with Gasteiger partial charge in [0.2, 0.25) is 11.9 Å². The molecule has 0 radical (unpaired) electrons. The number of fused-ring (bicyclic) bond motifs is 10. The standard InChI is InChI=1S/C31H40N6O5/c1-3-40-31-36-29-33-21-23-11-14-25(15-12-23)41-18-8-4-5-9-19-42-27-20-24(34-30(35-29)37-31)13-16-26(27)28(39)32-17-7-6-10-22(2)38/h11-16,20H,3-10,17-19,21H2,1-2H3,(H,32,39)(H2,33,34,35,36,37). The van der Waals surface area contributed by atoms with E-state index in [0.29, 0.717) is 68.2 Å². The molecule has 1 aromatic heterocycles. The lowest BCUT2D eigenvalue weighted by atomic mass is 10.1. The third-order valence-corrected chi connectivity index (χ3v) is 6.55. The highest BCUT2D eigenvalue weighted by molar-refractivity contribution is 5.97. The molecule has 3 heterocycles. The van der Waals surface area contributed by atoms with E-state index in [1.54, 1.807) is 25.1 Å². The molecule has 0 unspecified atom stereocenters. The van der Waals surface area contributed by atoms with Crippen LogP contribution in [0.15, 0.2) is 42.5 Å². The molecule has 11 nitrogen and oxygen atoms in total. The molecule has 2 aliphatic heterocycles. The SMILES string of the molecule is CCOc1nc2nc(n1)Nc1ccc(C(=O)NCCCCC(C)=O)c(c1)OCCCCCCOc1ccc(cc1)CN2. The van der Waals surface area contributed by atoms with Crippen LogP contribution in [0.2, 0.25) is 0 Å². The normalized spacial score (nSPS) is 13.8. The van der Waals surface area contributed by atoms with E-state index in [9.17, 15) is 9.59 Å². The third-order valence-electron chi connectivity index (χ3n) is 6.55. The van der Waals surface area contributed by atoms with Gasteiger partial charge in [-0.2, -0.15) is 15.0 Å². The topological polar surface area (TPSA) is 137 Å². The summed E-state index contributed by atoms with van der Waals surface area (Å²) in [5.74, 6) is 1.88. The summed E-state index contributed by atoms with van der Waals surface area (Å²) in [6.45, 7) is 5.95. The number of nitrogens with zero attached hydrogens (tertiary/aromatic N) is 3. The average molecular weight is 577 g/mol. The molecule has 0 atom stereocenters. The molecule has 42 heavy (non-hydrogen) atoms. The van der Waals surface area contributed by atoms with E-state index >= 15 is 0 Å². The number of anilines is 3. The van der Waals surface area contributed by atoms with Crippen molar-refractivity contribution in [1.29, 1.82) is 0 Å². The minimum Gasteiger partial charge on any atom is -0.494 e. The highest BCUT2D eigenvalue weighted by Gasteiger charge is 2.15. The van der Waals surface area contributed by atoms with Gasteiger partial charge in [0.15, 0.2) is 0 Å². The lowest BCUT2D eigenvalue weighted by molar-refractivity contribution is -0.117. The van der Waals surface area contributed by atoms with Crippen molar-refractivity contribution in [3.63, 3.8) is 0 Å². The third kappa shape index (κ3) is 9.90. The van der Waals surface area contributed by atoms with E-state index in [2.05, 4.69) is 30.9 Å². The summed E-state index contributed by atoms with van der Waals surface area (Å²) in [6.07, 6.45) is 5.78. The van der Waals surface area contributed by atoms with Crippen molar-refractivity contribution >= 4 is 29.3 Å². The Morgan fingerprint density at radius 1 is 0.929 bits per heavy atom. The molecule has 0 spiro atoms. The van der Waals surface area contributed by atoms with Crippen molar-refractivity contribution in [1.82, 2.24) is 20.3 Å². The van der Waals surface area contributed by atoms with E-state index in [1.165, 1.54) is 0 Å². The minimum atomic E-state index is -0.223. The zero-order valence-corrected chi connectivity index (χ0v) is 24.4. The van der Waals surface area contributed by atoms with E-state index < -0.39 is 0 Å². The second-order valence-corrected chi connectivity index (χ2v) is 10.1. The second-order valence-electron chi connectivity index (χ2n) is 10.1. The number of aromatic nitrogens is 3. The van der Waals surface area contributed by atoms with Crippen LogP contribution in [-0.2, 0) is 11.3 Å². The van der Waals surface area contributed by atoms with Gasteiger partial charge in [-0.15, -0.1) is 0 Å². The van der Waals surface area contributed by atoms with Crippen molar-refractivity contribution < 1.29 is 23.8 Å². The zero-order chi connectivity index (χ0) is 29.6. The second kappa shape index (κ2) is 16.1. The number of unbranched alkanes of at least 4 members (excludes halogenated alkanes) is 1. The molecule has 2 aliphatic rings. The first kappa shape index (κ1) is 30.5. The molecule has 2 aromatic carbocycles. The van der Waals surface area contributed by atoms with Crippen molar-refractivity contribution in [3.8, 4) is 17.5 Å². The van der Waals surface area contributed by atoms with Crippen LogP contribution >= 0.6 is 0 Å². The number of hydrogen-bond donors (Lipinski definition) is 3. The van der Waals surface area contributed by atoms with Crippen LogP contribution in [0.4, 0.5) is 17.6 Å². The van der Waals surface area contributed by atoms with Crippen molar-refractivity contribution in [2.24, 2.45) is 0 Å². The van der Waals surface area contributed by atoms with Crippen molar-refractivity contribution in [2.45, 2.75) is 65.3 Å². The fourth-order valence-corrected chi connectivity index (χ4v) is 4.33.